The molecule has 0 spiro atoms. The Kier molecular flexibility index (Phi) is 5.60. The Hall–Kier alpha value is -3.08. The smallest absolute Gasteiger partial charge is 0.294 e. The average Bonchev–Trinajstić information content (AvgIpc) is 2.97. The monoisotopic (exact) mass is 365 g/mol. The Morgan fingerprint density at radius 1 is 1.11 bits per heavy atom. The van der Waals surface area contributed by atoms with Crippen molar-refractivity contribution in [3.05, 3.63) is 71.5 Å². The van der Waals surface area contributed by atoms with E-state index in [2.05, 4.69) is 0 Å². The second kappa shape index (κ2) is 8.08. The Bertz CT molecular complexity index is 873. The summed E-state index contributed by atoms with van der Waals surface area (Å²) < 4.78 is 5.67. The molecule has 1 amide bonds. The van der Waals surface area contributed by atoms with Gasteiger partial charge in [0.15, 0.2) is 11.5 Å². The van der Waals surface area contributed by atoms with Crippen LogP contribution in [-0.2, 0) is 9.59 Å². The molecule has 3 rings (SSSR count). The van der Waals surface area contributed by atoms with Gasteiger partial charge in [0, 0.05) is 18.2 Å². The van der Waals surface area contributed by atoms with Crippen LogP contribution in [0, 0.1) is 0 Å². The van der Waals surface area contributed by atoms with Crippen LogP contribution in [0.3, 0.4) is 0 Å². The normalized spacial score (nSPS) is 16.7. The summed E-state index contributed by atoms with van der Waals surface area (Å²) in [6.45, 7) is 4.31. The zero-order valence-corrected chi connectivity index (χ0v) is 15.5. The van der Waals surface area contributed by atoms with Crippen molar-refractivity contribution in [3.8, 4) is 5.75 Å². The quantitative estimate of drug-likeness (QED) is 0.792. The van der Waals surface area contributed by atoms with Crippen molar-refractivity contribution in [1.82, 2.24) is 0 Å². The molecule has 1 heterocycles. The molecule has 140 valence electrons. The molecule has 0 aromatic heterocycles. The van der Waals surface area contributed by atoms with Crippen molar-refractivity contribution in [1.29, 1.82) is 0 Å². The van der Waals surface area contributed by atoms with Gasteiger partial charge in [0.1, 0.15) is 5.75 Å². The summed E-state index contributed by atoms with van der Waals surface area (Å²) in [6, 6.07) is 15.8. The predicted octanol–water partition coefficient (Wildman–Crippen LogP) is 4.35. The summed E-state index contributed by atoms with van der Waals surface area (Å²) in [6.07, 6.45) is 1.08. The molecule has 2 aromatic rings. The predicted molar refractivity (Wildman–Crippen MR) is 104 cm³/mol. The second-order valence-corrected chi connectivity index (χ2v) is 6.37. The van der Waals surface area contributed by atoms with E-state index in [9.17, 15) is 14.7 Å². The zero-order chi connectivity index (χ0) is 19.4. The molecule has 0 saturated carbocycles. The highest BCUT2D eigenvalue weighted by Gasteiger charge is 2.43. The SMILES string of the molecule is CCCOc1cccc(N2C(=O)C(O)=C(C(=O)CC)C2c2ccccc2)c1. The number of hydrogen-bond acceptors (Lipinski definition) is 4. The standard InChI is InChI=1S/C22H23NO4/c1-3-13-27-17-12-8-11-16(14-17)23-20(15-9-6-5-7-10-15)19(18(24)4-2)21(25)22(23)26/h5-12,14,20,25H,3-4,13H2,1-2H3. The van der Waals surface area contributed by atoms with Crippen LogP contribution < -0.4 is 9.64 Å². The van der Waals surface area contributed by atoms with Gasteiger partial charge in [-0.15, -0.1) is 0 Å². The van der Waals surface area contributed by atoms with Crippen LogP contribution >= 0.6 is 0 Å². The Labute approximate surface area is 158 Å². The van der Waals surface area contributed by atoms with Gasteiger partial charge in [0.05, 0.1) is 18.2 Å². The number of hydrogen-bond donors (Lipinski definition) is 1. The highest BCUT2D eigenvalue weighted by molar-refractivity contribution is 6.16. The number of ketones is 1. The summed E-state index contributed by atoms with van der Waals surface area (Å²) in [5.74, 6) is -0.650. The fourth-order valence-electron chi connectivity index (χ4n) is 3.24. The number of carbonyl (C=O) groups excluding carboxylic acids is 2. The molecule has 1 aliphatic heterocycles. The summed E-state index contributed by atoms with van der Waals surface area (Å²) >= 11 is 0. The molecule has 2 aromatic carbocycles. The minimum Gasteiger partial charge on any atom is -0.503 e. The minimum absolute atomic E-state index is 0.147. The topological polar surface area (TPSA) is 66.8 Å². The first-order valence-corrected chi connectivity index (χ1v) is 9.16. The minimum atomic E-state index is -0.660. The lowest BCUT2D eigenvalue weighted by atomic mass is 9.95. The molecule has 5 nitrogen and oxygen atoms in total. The van der Waals surface area contributed by atoms with E-state index in [1.807, 2.05) is 43.3 Å². The number of amides is 1. The number of rotatable bonds is 7. The summed E-state index contributed by atoms with van der Waals surface area (Å²) in [4.78, 5) is 26.9. The van der Waals surface area contributed by atoms with Gasteiger partial charge in [-0.1, -0.05) is 50.2 Å². The number of carbonyl (C=O) groups is 2. The molecule has 0 radical (unpaired) electrons. The molecular formula is C22H23NO4. The van der Waals surface area contributed by atoms with E-state index in [0.29, 0.717) is 18.0 Å². The third-order valence-corrected chi connectivity index (χ3v) is 4.51. The van der Waals surface area contributed by atoms with Gasteiger partial charge in [-0.3, -0.25) is 14.5 Å². The van der Waals surface area contributed by atoms with Gasteiger partial charge < -0.3 is 9.84 Å². The summed E-state index contributed by atoms with van der Waals surface area (Å²) in [5.41, 5.74) is 1.49. The lowest BCUT2D eigenvalue weighted by Gasteiger charge is -2.27. The Morgan fingerprint density at radius 2 is 1.85 bits per heavy atom. The van der Waals surface area contributed by atoms with Crippen molar-refractivity contribution in [2.75, 3.05) is 11.5 Å². The first-order valence-electron chi connectivity index (χ1n) is 9.16. The maximum atomic E-state index is 12.9. The lowest BCUT2D eigenvalue weighted by molar-refractivity contribution is -0.118. The molecule has 1 aliphatic rings. The number of anilines is 1. The number of Topliss-reactive ketones (excluding diaryl/α,β-unsaturated/α-hetero) is 1. The Morgan fingerprint density at radius 3 is 2.52 bits per heavy atom. The summed E-state index contributed by atoms with van der Waals surface area (Å²) in [7, 11) is 0. The maximum absolute atomic E-state index is 12.9. The largest absolute Gasteiger partial charge is 0.503 e. The van der Waals surface area contributed by atoms with E-state index >= 15 is 0 Å². The van der Waals surface area contributed by atoms with Gasteiger partial charge in [-0.2, -0.15) is 0 Å². The highest BCUT2D eigenvalue weighted by Crippen LogP contribution is 2.41. The van der Waals surface area contributed by atoms with Gasteiger partial charge in [0.2, 0.25) is 0 Å². The van der Waals surface area contributed by atoms with Crippen LogP contribution in [-0.4, -0.2) is 23.4 Å². The molecule has 1 N–H and O–H groups in total. The third kappa shape index (κ3) is 3.58. The number of aliphatic hydroxyl groups is 1. The molecule has 5 heteroatoms. The van der Waals surface area contributed by atoms with Crippen molar-refractivity contribution < 1.29 is 19.4 Å². The zero-order valence-electron chi connectivity index (χ0n) is 15.5. The van der Waals surface area contributed by atoms with E-state index in [1.54, 1.807) is 25.1 Å². The molecule has 0 saturated heterocycles. The third-order valence-electron chi connectivity index (χ3n) is 4.51. The van der Waals surface area contributed by atoms with Gasteiger partial charge >= 0.3 is 0 Å². The van der Waals surface area contributed by atoms with Gasteiger partial charge in [-0.05, 0) is 24.1 Å². The van der Waals surface area contributed by atoms with Crippen molar-refractivity contribution in [3.63, 3.8) is 0 Å². The molecule has 1 unspecified atom stereocenters. The van der Waals surface area contributed by atoms with E-state index < -0.39 is 17.7 Å². The molecule has 0 bridgehead atoms. The first-order chi connectivity index (χ1) is 13.1. The fourth-order valence-corrected chi connectivity index (χ4v) is 3.24. The molecule has 27 heavy (non-hydrogen) atoms. The van der Waals surface area contributed by atoms with Crippen LogP contribution in [0.5, 0.6) is 5.75 Å². The van der Waals surface area contributed by atoms with Crippen LogP contribution in [0.1, 0.15) is 38.3 Å². The van der Waals surface area contributed by atoms with Crippen LogP contribution in [0.2, 0.25) is 0 Å². The molecular weight excluding hydrogens is 342 g/mol. The Balaban J connectivity index is 2.09. The van der Waals surface area contributed by atoms with Gasteiger partial charge in [-0.25, -0.2) is 0 Å². The number of nitrogens with zero attached hydrogens (tertiary/aromatic N) is 1. The molecule has 1 atom stereocenters. The number of benzene rings is 2. The highest BCUT2D eigenvalue weighted by atomic mass is 16.5. The second-order valence-electron chi connectivity index (χ2n) is 6.37. The van der Waals surface area contributed by atoms with E-state index in [1.165, 1.54) is 4.90 Å². The van der Waals surface area contributed by atoms with Crippen molar-refractivity contribution in [2.45, 2.75) is 32.7 Å². The van der Waals surface area contributed by atoms with Crippen molar-refractivity contribution in [2.24, 2.45) is 0 Å². The van der Waals surface area contributed by atoms with Crippen LogP contribution in [0.25, 0.3) is 0 Å². The maximum Gasteiger partial charge on any atom is 0.294 e. The average molecular weight is 365 g/mol. The first kappa shape index (κ1) is 18.7. The fraction of sp³-hybridized carbons (Fsp3) is 0.273. The van der Waals surface area contributed by atoms with Crippen molar-refractivity contribution >= 4 is 17.4 Å². The number of ether oxygens (including phenoxy) is 1. The molecule has 0 fully saturated rings. The van der Waals surface area contributed by atoms with Crippen LogP contribution in [0.4, 0.5) is 5.69 Å². The van der Waals surface area contributed by atoms with E-state index in [0.717, 1.165) is 12.0 Å². The van der Waals surface area contributed by atoms with E-state index in [-0.39, 0.29) is 17.8 Å². The van der Waals surface area contributed by atoms with E-state index in [4.69, 9.17) is 4.74 Å². The lowest BCUT2D eigenvalue weighted by Crippen LogP contribution is -2.31. The number of aliphatic hydroxyl groups excluding tert-OH is 1. The van der Waals surface area contributed by atoms with Crippen LogP contribution in [0.15, 0.2) is 65.9 Å². The summed E-state index contributed by atoms with van der Waals surface area (Å²) in [5, 5.41) is 10.5. The molecule has 0 aliphatic carbocycles. The van der Waals surface area contributed by atoms with Gasteiger partial charge in [0.25, 0.3) is 5.91 Å².